The molecule has 1 amide bonds. The van der Waals surface area contributed by atoms with Gasteiger partial charge in [-0.2, -0.15) is 0 Å². The highest BCUT2D eigenvalue weighted by atomic mass is 16.6. The number of rotatable bonds is 1. The molecule has 4 heteroatoms. The van der Waals surface area contributed by atoms with E-state index in [0.717, 1.165) is 25.7 Å². The van der Waals surface area contributed by atoms with Crippen molar-refractivity contribution in [2.24, 2.45) is 0 Å². The van der Waals surface area contributed by atoms with E-state index < -0.39 is 5.60 Å². The molecule has 1 rings (SSSR count). The largest absolute Gasteiger partial charge is 0.444 e. The van der Waals surface area contributed by atoms with E-state index in [1.54, 1.807) is 0 Å². The molecule has 0 heterocycles. The topological polar surface area (TPSA) is 66.0 Å². The van der Waals surface area contributed by atoms with Crippen molar-refractivity contribution in [2.45, 2.75) is 64.1 Å². The maximum Gasteiger partial charge on any atom is 0.407 e. The van der Waals surface area contributed by atoms with Gasteiger partial charge in [-0.15, -0.1) is 0 Å². The van der Waals surface area contributed by atoms with Crippen LogP contribution < -0.4 is 11.1 Å². The van der Waals surface area contributed by atoms with Crippen molar-refractivity contribution in [3.8, 4) is 0 Å². The lowest BCUT2D eigenvalue weighted by molar-refractivity contribution is -0.425. The van der Waals surface area contributed by atoms with Crippen LogP contribution in [0.5, 0.6) is 0 Å². The van der Waals surface area contributed by atoms with Crippen molar-refractivity contribution < 1.29 is 15.3 Å². The van der Waals surface area contributed by atoms with Gasteiger partial charge in [0.15, 0.2) is 0 Å². The molecule has 0 aromatic heterocycles. The van der Waals surface area contributed by atoms with Gasteiger partial charge in [-0.3, -0.25) is 0 Å². The number of quaternary nitrogens is 1. The number of hydrogen-bond donors (Lipinski definition) is 2. The quantitative estimate of drug-likeness (QED) is 0.687. The van der Waals surface area contributed by atoms with Gasteiger partial charge in [0, 0.05) is 18.9 Å². The summed E-state index contributed by atoms with van der Waals surface area (Å²) in [6.45, 7) is 5.62. The number of carbonyl (C=O) groups is 1. The van der Waals surface area contributed by atoms with E-state index in [9.17, 15) is 4.79 Å². The van der Waals surface area contributed by atoms with Gasteiger partial charge in [-0.05, 0) is 33.6 Å². The fraction of sp³-hybridized carbons (Fsp3) is 0.909. The summed E-state index contributed by atoms with van der Waals surface area (Å²) in [6.07, 6.45) is 3.94. The Balaban J connectivity index is 2.27. The Morgan fingerprint density at radius 2 is 1.80 bits per heavy atom. The van der Waals surface area contributed by atoms with Crippen LogP contribution in [0.25, 0.3) is 0 Å². The number of hydrogen-bond acceptors (Lipinski definition) is 2. The lowest BCUT2D eigenvalue weighted by Crippen LogP contribution is -2.62. The molecule has 4 N–H and O–H groups in total. The summed E-state index contributed by atoms with van der Waals surface area (Å²) in [5.74, 6) is 0. The molecule has 0 radical (unpaired) electrons. The Morgan fingerprint density at radius 1 is 1.27 bits per heavy atom. The third-order valence-electron chi connectivity index (χ3n) is 2.57. The fourth-order valence-electron chi connectivity index (χ4n) is 1.78. The molecule has 4 nitrogen and oxygen atoms in total. The Bertz CT molecular complexity index is 215. The summed E-state index contributed by atoms with van der Waals surface area (Å²) in [5, 5.41) is 2.91. The summed E-state index contributed by atoms with van der Waals surface area (Å²) < 4.78 is 5.20. The van der Waals surface area contributed by atoms with Crippen LogP contribution in [0.3, 0.4) is 0 Å². The summed E-state index contributed by atoms with van der Waals surface area (Å²) in [6, 6.07) is 0.833. The maximum absolute atomic E-state index is 11.5. The van der Waals surface area contributed by atoms with Crippen LogP contribution >= 0.6 is 0 Å². The zero-order chi connectivity index (χ0) is 11.5. The van der Waals surface area contributed by atoms with E-state index in [2.05, 4.69) is 11.1 Å². The first-order valence-electron chi connectivity index (χ1n) is 5.69. The molecule has 1 aliphatic rings. The zero-order valence-corrected chi connectivity index (χ0v) is 10.0. The van der Waals surface area contributed by atoms with Gasteiger partial charge < -0.3 is 15.8 Å². The lowest BCUT2D eigenvalue weighted by Gasteiger charge is -2.27. The normalized spacial score (nSPS) is 27.2. The number of alkyl carbamates (subject to hydrolysis) is 1. The molecule has 15 heavy (non-hydrogen) atoms. The van der Waals surface area contributed by atoms with Gasteiger partial charge in [0.25, 0.3) is 0 Å². The van der Waals surface area contributed by atoms with Crippen molar-refractivity contribution in [3.05, 3.63) is 0 Å². The lowest BCUT2D eigenvalue weighted by atomic mass is 9.92. The Kier molecular flexibility index (Phi) is 3.97. The second-order valence-electron chi connectivity index (χ2n) is 5.36. The molecular weight excluding hydrogens is 192 g/mol. The molecule has 1 saturated carbocycles. The van der Waals surface area contributed by atoms with Gasteiger partial charge in [-0.1, -0.05) is 0 Å². The highest BCUT2D eigenvalue weighted by molar-refractivity contribution is 5.68. The summed E-state index contributed by atoms with van der Waals surface area (Å²) in [5.41, 5.74) is 3.62. The van der Waals surface area contributed by atoms with Crippen LogP contribution in [0.15, 0.2) is 0 Å². The minimum absolute atomic E-state index is 0.276. The summed E-state index contributed by atoms with van der Waals surface area (Å²) in [7, 11) is 0. The Hall–Kier alpha value is -0.770. The zero-order valence-electron chi connectivity index (χ0n) is 10.0. The first-order chi connectivity index (χ1) is 6.87. The van der Waals surface area contributed by atoms with Crippen molar-refractivity contribution in [3.63, 3.8) is 0 Å². The first kappa shape index (κ1) is 12.3. The molecule has 0 bridgehead atoms. The van der Waals surface area contributed by atoms with Crippen LogP contribution in [0, 0.1) is 0 Å². The molecule has 1 fully saturated rings. The minimum Gasteiger partial charge on any atom is -0.444 e. The van der Waals surface area contributed by atoms with Gasteiger partial charge >= 0.3 is 6.09 Å². The molecule has 0 spiro atoms. The summed E-state index contributed by atoms with van der Waals surface area (Å²) in [4.78, 5) is 11.5. The van der Waals surface area contributed by atoms with E-state index in [1.165, 1.54) is 0 Å². The number of amides is 1. The third kappa shape index (κ3) is 5.02. The predicted octanol–water partition coefficient (Wildman–Crippen LogP) is 1.06. The van der Waals surface area contributed by atoms with E-state index >= 15 is 0 Å². The van der Waals surface area contributed by atoms with Gasteiger partial charge in [0.2, 0.25) is 0 Å². The molecule has 0 aromatic rings. The minimum atomic E-state index is -0.409. The molecule has 0 atom stereocenters. The number of carbonyl (C=O) groups excluding carboxylic acids is 1. The van der Waals surface area contributed by atoms with Gasteiger partial charge in [0.05, 0.1) is 6.04 Å². The second-order valence-corrected chi connectivity index (χ2v) is 5.36. The molecular formula is C11H23N2O2+. The molecule has 0 unspecified atom stereocenters. The highest BCUT2D eigenvalue weighted by Crippen LogP contribution is 2.16. The van der Waals surface area contributed by atoms with Crippen LogP contribution in [0.2, 0.25) is 0 Å². The molecule has 0 saturated heterocycles. The van der Waals surface area contributed by atoms with Gasteiger partial charge in [0.1, 0.15) is 5.60 Å². The molecule has 88 valence electrons. The molecule has 0 aliphatic heterocycles. The van der Waals surface area contributed by atoms with Crippen molar-refractivity contribution in [1.29, 1.82) is 0 Å². The van der Waals surface area contributed by atoms with Crippen LogP contribution in [-0.2, 0) is 4.74 Å². The van der Waals surface area contributed by atoms with Crippen LogP contribution in [0.1, 0.15) is 46.5 Å². The van der Waals surface area contributed by atoms with Crippen molar-refractivity contribution in [1.82, 2.24) is 5.32 Å². The standard InChI is InChI=1S/C11H22N2O2/c1-11(2,3)15-10(14)13-9-6-4-8(12)5-7-9/h8-9H,4-7,12H2,1-3H3,(H,13,14)/p+1. The van der Waals surface area contributed by atoms with Crippen LogP contribution in [-0.4, -0.2) is 23.8 Å². The Morgan fingerprint density at radius 3 is 2.27 bits per heavy atom. The first-order valence-corrected chi connectivity index (χ1v) is 5.69. The third-order valence-corrected chi connectivity index (χ3v) is 2.57. The number of ether oxygens (including phenoxy) is 1. The molecule has 1 aliphatic carbocycles. The maximum atomic E-state index is 11.5. The van der Waals surface area contributed by atoms with E-state index in [4.69, 9.17) is 4.74 Å². The Labute approximate surface area is 91.5 Å². The summed E-state index contributed by atoms with van der Waals surface area (Å²) >= 11 is 0. The highest BCUT2D eigenvalue weighted by Gasteiger charge is 2.24. The van der Waals surface area contributed by atoms with E-state index in [-0.39, 0.29) is 12.1 Å². The monoisotopic (exact) mass is 215 g/mol. The number of nitrogens with one attached hydrogen (secondary N) is 1. The second kappa shape index (κ2) is 4.84. The van der Waals surface area contributed by atoms with Crippen molar-refractivity contribution >= 4 is 6.09 Å². The smallest absolute Gasteiger partial charge is 0.407 e. The fourth-order valence-corrected chi connectivity index (χ4v) is 1.78. The predicted molar refractivity (Wildman–Crippen MR) is 58.3 cm³/mol. The van der Waals surface area contributed by atoms with Crippen LogP contribution in [0.4, 0.5) is 4.79 Å². The average Bonchev–Trinajstić information content (AvgIpc) is 2.05. The average molecular weight is 215 g/mol. The SMILES string of the molecule is CC(C)(C)OC(=O)NC1CCC([NH3+])CC1. The van der Waals surface area contributed by atoms with Gasteiger partial charge in [-0.25, -0.2) is 4.79 Å². The van der Waals surface area contributed by atoms with E-state index in [1.807, 2.05) is 20.8 Å². The van der Waals surface area contributed by atoms with E-state index in [0.29, 0.717) is 6.04 Å². The van der Waals surface area contributed by atoms with Crippen molar-refractivity contribution in [2.75, 3.05) is 0 Å². The molecule has 0 aromatic carbocycles.